The van der Waals surface area contributed by atoms with Crippen LogP contribution >= 0.6 is 11.6 Å². The van der Waals surface area contributed by atoms with Crippen molar-refractivity contribution in [1.82, 2.24) is 19.9 Å². The molecule has 37 heavy (non-hydrogen) atoms. The van der Waals surface area contributed by atoms with Crippen LogP contribution in [0.3, 0.4) is 0 Å². The standard InChI is InChI=1S/C24H31ClN6O5S/c1-17(32)29-37(34)9-7-31(8-10-37)24-26-14-20(15-27-24)36-22-12-19(11-21(25)28-22)16-30-5-3-18(4-6-30)13-23(33)35-2/h11-12,14-15,18H,3-10,13,16H2,1-2H3. The fourth-order valence-electron chi connectivity index (χ4n) is 4.48. The fourth-order valence-corrected chi connectivity index (χ4v) is 6.57. The molecule has 2 aliphatic rings. The Labute approximate surface area is 221 Å². The van der Waals surface area contributed by atoms with Gasteiger partial charge in [-0.25, -0.2) is 19.2 Å². The quantitative estimate of drug-likeness (QED) is 0.375. The zero-order chi connectivity index (χ0) is 26.4. The summed E-state index contributed by atoms with van der Waals surface area (Å²) in [6.45, 7) is 4.70. The SMILES string of the molecule is COC(=O)CC1CCN(Cc2cc(Cl)nc(Oc3cnc(N4CCS(=O)(=NC(C)=O)CC4)nc3)c2)CC1. The van der Waals surface area contributed by atoms with E-state index in [1.807, 2.05) is 17.0 Å². The predicted octanol–water partition coefficient (Wildman–Crippen LogP) is 2.93. The minimum atomic E-state index is -2.50. The van der Waals surface area contributed by atoms with Gasteiger partial charge in [0.15, 0.2) is 5.75 Å². The molecule has 11 nitrogen and oxygen atoms in total. The van der Waals surface area contributed by atoms with Crippen molar-refractivity contribution in [3.05, 3.63) is 35.2 Å². The van der Waals surface area contributed by atoms with Crippen LogP contribution in [-0.2, 0) is 30.6 Å². The number of likely N-dealkylation sites (tertiary alicyclic amines) is 1. The number of methoxy groups -OCH3 is 1. The van der Waals surface area contributed by atoms with Crippen LogP contribution in [-0.4, -0.2) is 80.7 Å². The van der Waals surface area contributed by atoms with E-state index >= 15 is 0 Å². The van der Waals surface area contributed by atoms with Gasteiger partial charge in [0.25, 0.3) is 5.91 Å². The summed E-state index contributed by atoms with van der Waals surface area (Å²) in [6.07, 6.45) is 5.48. The van der Waals surface area contributed by atoms with Gasteiger partial charge in [-0.2, -0.15) is 4.36 Å². The second-order valence-corrected chi connectivity index (χ2v) is 12.2. The summed E-state index contributed by atoms with van der Waals surface area (Å²) in [6, 6.07) is 3.67. The Bertz CT molecular complexity index is 1230. The van der Waals surface area contributed by atoms with Crippen LogP contribution in [0.25, 0.3) is 0 Å². The normalized spacial score (nSPS) is 18.3. The van der Waals surface area contributed by atoms with Crippen molar-refractivity contribution >= 4 is 39.2 Å². The molecule has 0 radical (unpaired) electrons. The van der Waals surface area contributed by atoms with E-state index in [1.54, 1.807) is 12.4 Å². The number of amides is 1. The van der Waals surface area contributed by atoms with Gasteiger partial charge < -0.3 is 14.4 Å². The number of piperidine rings is 1. The predicted molar refractivity (Wildman–Crippen MR) is 139 cm³/mol. The lowest BCUT2D eigenvalue weighted by Gasteiger charge is -2.31. The van der Waals surface area contributed by atoms with Crippen molar-refractivity contribution in [3.8, 4) is 11.6 Å². The maximum atomic E-state index is 12.6. The Morgan fingerprint density at radius 2 is 1.81 bits per heavy atom. The maximum Gasteiger partial charge on any atom is 0.305 e. The van der Waals surface area contributed by atoms with E-state index in [9.17, 15) is 13.8 Å². The number of esters is 1. The number of hydrogen-bond donors (Lipinski definition) is 0. The second-order valence-electron chi connectivity index (χ2n) is 9.24. The van der Waals surface area contributed by atoms with Crippen molar-refractivity contribution < 1.29 is 23.3 Å². The molecule has 1 amide bonds. The number of carbonyl (C=O) groups is 2. The summed E-state index contributed by atoms with van der Waals surface area (Å²) in [7, 11) is -1.07. The van der Waals surface area contributed by atoms with E-state index in [0.29, 0.717) is 66.2 Å². The number of aromatic nitrogens is 3. The highest BCUT2D eigenvalue weighted by Crippen LogP contribution is 2.26. The summed E-state index contributed by atoms with van der Waals surface area (Å²) in [5, 5.41) is 0.332. The minimum absolute atomic E-state index is 0.153. The Morgan fingerprint density at radius 3 is 2.43 bits per heavy atom. The first-order chi connectivity index (χ1) is 17.7. The van der Waals surface area contributed by atoms with Crippen LogP contribution in [0.4, 0.5) is 5.95 Å². The number of nitrogens with zero attached hydrogens (tertiary/aromatic N) is 6. The number of carbonyl (C=O) groups excluding carboxylic acids is 2. The van der Waals surface area contributed by atoms with Crippen LogP contribution in [0.1, 0.15) is 31.7 Å². The van der Waals surface area contributed by atoms with E-state index in [2.05, 4.69) is 24.2 Å². The molecular formula is C24H31ClN6O5S. The molecule has 0 N–H and O–H groups in total. The number of anilines is 1. The second kappa shape index (κ2) is 12.1. The van der Waals surface area contributed by atoms with Gasteiger partial charge in [-0.05, 0) is 43.5 Å². The Morgan fingerprint density at radius 1 is 1.14 bits per heavy atom. The number of rotatable bonds is 7. The van der Waals surface area contributed by atoms with Crippen molar-refractivity contribution in [2.45, 2.75) is 32.7 Å². The maximum absolute atomic E-state index is 12.6. The topological polar surface area (TPSA) is 127 Å². The van der Waals surface area contributed by atoms with Gasteiger partial charge in [0.2, 0.25) is 11.8 Å². The molecule has 0 aliphatic carbocycles. The van der Waals surface area contributed by atoms with Crippen molar-refractivity contribution in [2.24, 2.45) is 10.3 Å². The smallest absolute Gasteiger partial charge is 0.305 e. The molecule has 13 heteroatoms. The largest absolute Gasteiger partial charge is 0.469 e. The van der Waals surface area contributed by atoms with Crippen LogP contribution in [0.2, 0.25) is 5.15 Å². The van der Waals surface area contributed by atoms with Crippen LogP contribution in [0.5, 0.6) is 11.6 Å². The van der Waals surface area contributed by atoms with E-state index in [1.165, 1.54) is 14.0 Å². The van der Waals surface area contributed by atoms with Crippen molar-refractivity contribution in [2.75, 3.05) is 49.7 Å². The fraction of sp³-hybridized carbons (Fsp3) is 0.542. The molecular weight excluding hydrogens is 520 g/mol. The summed E-state index contributed by atoms with van der Waals surface area (Å²) in [5.74, 6) is 1.65. The Hall–Kier alpha value is -2.83. The molecule has 0 saturated carbocycles. The molecule has 200 valence electrons. The summed E-state index contributed by atoms with van der Waals surface area (Å²) in [5.41, 5.74) is 0.979. The lowest BCUT2D eigenvalue weighted by atomic mass is 9.93. The third-order valence-corrected chi connectivity index (χ3v) is 8.83. The molecule has 2 aliphatic heterocycles. The van der Waals surface area contributed by atoms with E-state index in [4.69, 9.17) is 21.1 Å². The summed E-state index contributed by atoms with van der Waals surface area (Å²) >= 11 is 6.26. The third-order valence-electron chi connectivity index (χ3n) is 6.40. The molecule has 2 aromatic rings. The van der Waals surface area contributed by atoms with Crippen LogP contribution < -0.4 is 9.64 Å². The molecule has 0 atom stereocenters. The zero-order valence-corrected chi connectivity index (χ0v) is 22.5. The first-order valence-corrected chi connectivity index (χ1v) is 14.4. The Kier molecular flexibility index (Phi) is 8.93. The highest BCUT2D eigenvalue weighted by molar-refractivity contribution is 7.94. The first-order valence-electron chi connectivity index (χ1n) is 12.1. The molecule has 0 unspecified atom stereocenters. The van der Waals surface area contributed by atoms with Crippen LogP contribution in [0, 0.1) is 5.92 Å². The highest BCUT2D eigenvalue weighted by atomic mass is 35.5. The molecule has 0 bridgehead atoms. The van der Waals surface area contributed by atoms with Crippen molar-refractivity contribution in [1.29, 1.82) is 0 Å². The first kappa shape index (κ1) is 27.2. The Balaban J connectivity index is 1.32. The number of halogens is 1. The molecule has 0 spiro atoms. The number of hydrogen-bond acceptors (Lipinski definition) is 10. The molecule has 0 aromatic carbocycles. The van der Waals surface area contributed by atoms with Gasteiger partial charge in [0.1, 0.15) is 5.15 Å². The van der Waals surface area contributed by atoms with Crippen LogP contribution in [0.15, 0.2) is 28.9 Å². The van der Waals surface area contributed by atoms with Gasteiger partial charge in [0.05, 0.1) is 29.2 Å². The van der Waals surface area contributed by atoms with E-state index in [-0.39, 0.29) is 5.97 Å². The van der Waals surface area contributed by atoms with Gasteiger partial charge in [-0.15, -0.1) is 0 Å². The minimum Gasteiger partial charge on any atom is -0.469 e. The monoisotopic (exact) mass is 550 g/mol. The summed E-state index contributed by atoms with van der Waals surface area (Å²) < 4.78 is 27.0. The zero-order valence-electron chi connectivity index (χ0n) is 21.0. The average Bonchev–Trinajstić information content (AvgIpc) is 2.85. The van der Waals surface area contributed by atoms with E-state index in [0.717, 1.165) is 31.5 Å². The molecule has 4 heterocycles. The summed E-state index contributed by atoms with van der Waals surface area (Å²) in [4.78, 5) is 40.0. The van der Waals surface area contributed by atoms with Gasteiger partial charge >= 0.3 is 5.97 Å². The molecule has 2 fully saturated rings. The molecule has 4 rings (SSSR count). The highest BCUT2D eigenvalue weighted by Gasteiger charge is 2.24. The molecule has 2 saturated heterocycles. The van der Waals surface area contributed by atoms with E-state index < -0.39 is 15.6 Å². The molecule has 2 aromatic heterocycles. The van der Waals surface area contributed by atoms with Gasteiger partial charge in [0, 0.05) is 50.6 Å². The number of ether oxygens (including phenoxy) is 2. The number of pyridine rings is 1. The van der Waals surface area contributed by atoms with Crippen molar-refractivity contribution in [3.63, 3.8) is 0 Å². The van der Waals surface area contributed by atoms with Gasteiger partial charge in [-0.3, -0.25) is 14.5 Å². The third kappa shape index (κ3) is 7.83. The lowest BCUT2D eigenvalue weighted by Crippen LogP contribution is -2.41. The lowest BCUT2D eigenvalue weighted by molar-refractivity contribution is -0.142. The average molecular weight is 551 g/mol. The van der Waals surface area contributed by atoms with Gasteiger partial charge in [-0.1, -0.05) is 11.6 Å².